The summed E-state index contributed by atoms with van der Waals surface area (Å²) >= 11 is 0. The highest BCUT2D eigenvalue weighted by molar-refractivity contribution is 5.97. The maximum absolute atomic E-state index is 10.8. The largest absolute Gasteiger partial charge is 0.477 e. The Hall–Kier alpha value is -1.77. The number of rotatable bonds is 1. The molecule has 0 atom stereocenters. The summed E-state index contributed by atoms with van der Waals surface area (Å²) in [6, 6.07) is 5.86. The molecule has 0 aliphatic rings. The van der Waals surface area contributed by atoms with Gasteiger partial charge >= 0.3 is 5.97 Å². The van der Waals surface area contributed by atoms with E-state index in [1.807, 2.05) is 45.9 Å². The molecule has 0 amide bonds. The van der Waals surface area contributed by atoms with Gasteiger partial charge in [0.1, 0.15) is 5.69 Å². The highest BCUT2D eigenvalue weighted by Gasteiger charge is 2.12. The molecular weight excluding hydrogens is 202 g/mol. The molecule has 0 saturated heterocycles. The minimum absolute atomic E-state index is 0.283. The van der Waals surface area contributed by atoms with Gasteiger partial charge in [-0.15, -0.1) is 0 Å². The molecule has 86 valence electrons. The van der Waals surface area contributed by atoms with E-state index in [1.54, 1.807) is 0 Å². The summed E-state index contributed by atoms with van der Waals surface area (Å²) in [5.41, 5.74) is 3.10. The van der Waals surface area contributed by atoms with Crippen LogP contribution >= 0.6 is 0 Å². The van der Waals surface area contributed by atoms with Crippen LogP contribution in [0, 0.1) is 13.8 Å². The third kappa shape index (κ3) is 2.08. The summed E-state index contributed by atoms with van der Waals surface area (Å²) in [6.07, 6.45) is 0. The first-order valence-corrected chi connectivity index (χ1v) is 5.42. The summed E-state index contributed by atoms with van der Waals surface area (Å²) in [6.45, 7) is 7.81. The van der Waals surface area contributed by atoms with Crippen molar-refractivity contribution >= 4 is 16.9 Å². The second kappa shape index (κ2) is 4.84. The number of hydrogen-bond acceptors (Lipinski definition) is 1. The van der Waals surface area contributed by atoms with Gasteiger partial charge in [0.25, 0.3) is 0 Å². The molecule has 0 bridgehead atoms. The maximum Gasteiger partial charge on any atom is 0.352 e. The Morgan fingerprint density at radius 2 is 1.88 bits per heavy atom. The number of aromatic amines is 1. The average Bonchev–Trinajstić information content (AvgIpc) is 2.59. The van der Waals surface area contributed by atoms with Gasteiger partial charge < -0.3 is 10.1 Å². The van der Waals surface area contributed by atoms with Gasteiger partial charge in [-0.3, -0.25) is 0 Å². The molecule has 0 aliphatic carbocycles. The zero-order chi connectivity index (χ0) is 12.3. The Kier molecular flexibility index (Phi) is 3.72. The molecule has 3 heteroatoms. The Morgan fingerprint density at radius 1 is 1.25 bits per heavy atom. The van der Waals surface area contributed by atoms with Crippen LogP contribution in [-0.2, 0) is 0 Å². The normalized spacial score (nSPS) is 9.75. The molecule has 0 saturated carbocycles. The van der Waals surface area contributed by atoms with Gasteiger partial charge in [0.2, 0.25) is 0 Å². The predicted molar refractivity (Wildman–Crippen MR) is 66.1 cm³/mol. The second-order valence-electron chi connectivity index (χ2n) is 3.48. The third-order valence-electron chi connectivity index (χ3n) is 2.43. The Morgan fingerprint density at radius 3 is 2.44 bits per heavy atom. The van der Waals surface area contributed by atoms with Crippen LogP contribution in [0.2, 0.25) is 0 Å². The van der Waals surface area contributed by atoms with E-state index in [-0.39, 0.29) is 5.69 Å². The zero-order valence-electron chi connectivity index (χ0n) is 10.1. The standard InChI is InChI=1S/C11H11NO2.C2H6/c1-6-3-4-9-8(5-6)7(2)10(12-9)11(13)14;1-2/h3-5,12H,1-2H3,(H,13,14);1-2H3. The minimum atomic E-state index is -0.906. The molecule has 0 unspecified atom stereocenters. The van der Waals surface area contributed by atoms with Gasteiger partial charge in [-0.25, -0.2) is 4.79 Å². The van der Waals surface area contributed by atoms with Crippen molar-refractivity contribution < 1.29 is 9.90 Å². The number of aromatic nitrogens is 1. The number of benzene rings is 1. The number of nitrogens with one attached hydrogen (secondary N) is 1. The molecule has 1 aromatic heterocycles. The van der Waals surface area contributed by atoms with E-state index < -0.39 is 5.97 Å². The lowest BCUT2D eigenvalue weighted by Crippen LogP contribution is -1.97. The first-order chi connectivity index (χ1) is 7.59. The summed E-state index contributed by atoms with van der Waals surface area (Å²) in [5, 5.41) is 9.89. The third-order valence-corrected chi connectivity index (χ3v) is 2.43. The Labute approximate surface area is 95.1 Å². The van der Waals surface area contributed by atoms with Gasteiger partial charge in [-0.1, -0.05) is 25.5 Å². The predicted octanol–water partition coefficient (Wildman–Crippen LogP) is 3.51. The molecule has 2 aromatic rings. The minimum Gasteiger partial charge on any atom is -0.477 e. The quantitative estimate of drug-likeness (QED) is 0.771. The number of fused-ring (bicyclic) bond motifs is 1. The second-order valence-corrected chi connectivity index (χ2v) is 3.48. The molecule has 2 N–H and O–H groups in total. The number of carbonyl (C=O) groups is 1. The van der Waals surface area contributed by atoms with Crippen LogP contribution in [0.3, 0.4) is 0 Å². The van der Waals surface area contributed by atoms with E-state index in [0.717, 1.165) is 22.0 Å². The Bertz CT molecular complexity index is 512. The highest BCUT2D eigenvalue weighted by Crippen LogP contribution is 2.22. The number of H-pyrrole nitrogens is 1. The van der Waals surface area contributed by atoms with Gasteiger partial charge in [0.15, 0.2) is 0 Å². The van der Waals surface area contributed by atoms with E-state index in [2.05, 4.69) is 4.98 Å². The van der Waals surface area contributed by atoms with Gasteiger partial charge in [0, 0.05) is 10.9 Å². The van der Waals surface area contributed by atoms with Crippen molar-refractivity contribution in [1.82, 2.24) is 4.98 Å². The zero-order valence-corrected chi connectivity index (χ0v) is 10.1. The fourth-order valence-corrected chi connectivity index (χ4v) is 1.65. The molecule has 3 nitrogen and oxygen atoms in total. The highest BCUT2D eigenvalue weighted by atomic mass is 16.4. The number of aryl methyl sites for hydroxylation is 2. The molecule has 1 aromatic carbocycles. The van der Waals surface area contributed by atoms with E-state index in [9.17, 15) is 4.79 Å². The lowest BCUT2D eigenvalue weighted by Gasteiger charge is -1.93. The number of hydrogen-bond donors (Lipinski definition) is 2. The van der Waals surface area contributed by atoms with Crippen LogP contribution in [-0.4, -0.2) is 16.1 Å². The molecule has 0 fully saturated rings. The lowest BCUT2D eigenvalue weighted by atomic mass is 10.1. The summed E-state index contributed by atoms with van der Waals surface area (Å²) < 4.78 is 0. The van der Waals surface area contributed by atoms with Crippen molar-refractivity contribution in [1.29, 1.82) is 0 Å². The maximum atomic E-state index is 10.8. The van der Waals surface area contributed by atoms with Crippen LogP contribution < -0.4 is 0 Å². The Balaban J connectivity index is 0.000000606. The van der Waals surface area contributed by atoms with Gasteiger partial charge in [0.05, 0.1) is 0 Å². The smallest absolute Gasteiger partial charge is 0.352 e. The SMILES string of the molecule is CC.Cc1ccc2[nH]c(C(=O)O)c(C)c2c1. The van der Waals surface area contributed by atoms with Crippen molar-refractivity contribution in [2.75, 3.05) is 0 Å². The van der Waals surface area contributed by atoms with Crippen molar-refractivity contribution in [3.8, 4) is 0 Å². The monoisotopic (exact) mass is 219 g/mol. The van der Waals surface area contributed by atoms with Crippen LogP contribution in [0.5, 0.6) is 0 Å². The molecule has 0 aliphatic heterocycles. The van der Waals surface area contributed by atoms with Crippen LogP contribution in [0.4, 0.5) is 0 Å². The van der Waals surface area contributed by atoms with Crippen LogP contribution in [0.1, 0.15) is 35.5 Å². The number of carboxylic acid groups (broad SMARTS) is 1. The molecule has 0 spiro atoms. The van der Waals surface area contributed by atoms with E-state index in [1.165, 1.54) is 0 Å². The van der Waals surface area contributed by atoms with Crippen LogP contribution in [0.15, 0.2) is 18.2 Å². The lowest BCUT2D eigenvalue weighted by molar-refractivity contribution is 0.0691. The van der Waals surface area contributed by atoms with E-state index in [0.29, 0.717) is 0 Å². The number of carboxylic acids is 1. The molecule has 1 heterocycles. The molecular formula is C13H17NO2. The topological polar surface area (TPSA) is 53.1 Å². The van der Waals surface area contributed by atoms with E-state index in [4.69, 9.17) is 5.11 Å². The van der Waals surface area contributed by atoms with Gasteiger partial charge in [-0.05, 0) is 31.5 Å². The van der Waals surface area contributed by atoms with Crippen molar-refractivity contribution in [3.05, 3.63) is 35.0 Å². The fraction of sp³-hybridized carbons (Fsp3) is 0.308. The fourth-order valence-electron chi connectivity index (χ4n) is 1.65. The van der Waals surface area contributed by atoms with Crippen molar-refractivity contribution in [2.45, 2.75) is 27.7 Å². The average molecular weight is 219 g/mol. The van der Waals surface area contributed by atoms with Crippen molar-refractivity contribution in [2.24, 2.45) is 0 Å². The van der Waals surface area contributed by atoms with E-state index >= 15 is 0 Å². The number of aromatic carboxylic acids is 1. The molecule has 16 heavy (non-hydrogen) atoms. The summed E-state index contributed by atoms with van der Waals surface area (Å²) in [4.78, 5) is 13.7. The first-order valence-electron chi connectivity index (χ1n) is 5.42. The van der Waals surface area contributed by atoms with Crippen molar-refractivity contribution in [3.63, 3.8) is 0 Å². The first kappa shape index (κ1) is 12.3. The molecule has 0 radical (unpaired) electrons. The molecule has 2 rings (SSSR count). The summed E-state index contributed by atoms with van der Waals surface area (Å²) in [7, 11) is 0. The van der Waals surface area contributed by atoms with Gasteiger partial charge in [-0.2, -0.15) is 0 Å². The van der Waals surface area contributed by atoms with Crippen LogP contribution in [0.25, 0.3) is 10.9 Å². The summed E-state index contributed by atoms with van der Waals surface area (Å²) in [5.74, 6) is -0.906.